The first kappa shape index (κ1) is 21.6. The normalized spacial score (nSPS) is 19.5. The van der Waals surface area contributed by atoms with Gasteiger partial charge in [0.1, 0.15) is 0 Å². The van der Waals surface area contributed by atoms with Crippen LogP contribution in [-0.4, -0.2) is 0 Å². The van der Waals surface area contributed by atoms with Crippen molar-refractivity contribution in [3.05, 3.63) is 126 Å². The quantitative estimate of drug-likeness (QED) is 0.247. The van der Waals surface area contributed by atoms with E-state index in [0.717, 1.165) is 0 Å². The molecule has 2 aliphatic carbocycles. The summed E-state index contributed by atoms with van der Waals surface area (Å²) in [6, 6.07) is 31.2. The zero-order valence-electron chi connectivity index (χ0n) is 20.9. The van der Waals surface area contributed by atoms with E-state index in [2.05, 4.69) is 135 Å². The van der Waals surface area contributed by atoms with E-state index in [9.17, 15) is 0 Å². The highest BCUT2D eigenvalue weighted by atomic mass is 32.1. The highest BCUT2D eigenvalue weighted by Gasteiger charge is 2.45. The van der Waals surface area contributed by atoms with E-state index < -0.39 is 0 Å². The smallest absolute Gasteiger partial charge is 0.0640 e. The maximum Gasteiger partial charge on any atom is 0.0640 e. The lowest BCUT2D eigenvalue weighted by molar-refractivity contribution is 0.394. The number of fused-ring (bicyclic) bond motifs is 7. The van der Waals surface area contributed by atoms with E-state index in [1.54, 1.807) is 0 Å². The number of anilines is 3. The molecule has 0 fully saturated rings. The van der Waals surface area contributed by atoms with E-state index in [1.165, 1.54) is 53.9 Å². The van der Waals surface area contributed by atoms with Crippen LogP contribution in [-0.2, 0) is 5.41 Å². The second kappa shape index (κ2) is 7.94. The van der Waals surface area contributed by atoms with E-state index in [0.29, 0.717) is 11.8 Å². The fraction of sp³-hybridized carbons (Fsp3) is 0.176. The lowest BCUT2D eigenvalue weighted by Gasteiger charge is -2.29. The van der Waals surface area contributed by atoms with Crippen LogP contribution in [0.2, 0.25) is 0 Å². The lowest BCUT2D eigenvalue weighted by Crippen LogP contribution is -2.24. The molecule has 2 heteroatoms. The van der Waals surface area contributed by atoms with E-state index >= 15 is 0 Å². The van der Waals surface area contributed by atoms with E-state index in [1.807, 2.05) is 11.3 Å². The van der Waals surface area contributed by atoms with Crippen molar-refractivity contribution in [3.8, 4) is 0 Å². The molecule has 7 rings (SSSR count). The van der Waals surface area contributed by atoms with E-state index in [-0.39, 0.29) is 5.41 Å². The first-order valence-corrected chi connectivity index (χ1v) is 13.6. The van der Waals surface area contributed by atoms with Gasteiger partial charge < -0.3 is 4.90 Å². The molecule has 2 unspecified atom stereocenters. The van der Waals surface area contributed by atoms with Crippen LogP contribution in [0.25, 0.3) is 20.2 Å². The van der Waals surface area contributed by atoms with E-state index in [4.69, 9.17) is 0 Å². The summed E-state index contributed by atoms with van der Waals surface area (Å²) in [5.74, 6) is 0.961. The van der Waals surface area contributed by atoms with Gasteiger partial charge in [-0.3, -0.25) is 0 Å². The van der Waals surface area contributed by atoms with Gasteiger partial charge in [-0.15, -0.1) is 11.3 Å². The molecule has 1 heterocycles. The highest BCUT2D eigenvalue weighted by molar-refractivity contribution is 7.26. The van der Waals surface area contributed by atoms with Gasteiger partial charge in [-0.25, -0.2) is 0 Å². The summed E-state index contributed by atoms with van der Waals surface area (Å²) >= 11 is 1.97. The molecule has 5 aromatic rings. The predicted molar refractivity (Wildman–Crippen MR) is 156 cm³/mol. The van der Waals surface area contributed by atoms with Crippen molar-refractivity contribution in [1.29, 1.82) is 0 Å². The summed E-state index contributed by atoms with van der Waals surface area (Å²) in [6.45, 7) is 7.00. The molecule has 0 radical (unpaired) electrons. The van der Waals surface area contributed by atoms with Crippen molar-refractivity contribution in [1.82, 2.24) is 0 Å². The summed E-state index contributed by atoms with van der Waals surface area (Å²) in [7, 11) is 0. The molecule has 0 saturated carbocycles. The van der Waals surface area contributed by atoms with Gasteiger partial charge in [-0.2, -0.15) is 0 Å². The minimum absolute atomic E-state index is 0.131. The third-order valence-corrected chi connectivity index (χ3v) is 9.47. The van der Waals surface area contributed by atoms with Gasteiger partial charge in [-0.1, -0.05) is 92.7 Å². The van der Waals surface area contributed by atoms with Gasteiger partial charge in [-0.05, 0) is 65.3 Å². The van der Waals surface area contributed by atoms with Crippen molar-refractivity contribution in [2.45, 2.75) is 32.1 Å². The monoisotopic (exact) mass is 483 g/mol. The van der Waals surface area contributed by atoms with Gasteiger partial charge in [0.25, 0.3) is 0 Å². The van der Waals surface area contributed by atoms with Gasteiger partial charge in [0.05, 0.1) is 10.4 Å². The minimum atomic E-state index is 0.131. The summed E-state index contributed by atoms with van der Waals surface area (Å²) in [5, 5.41) is 2.73. The fourth-order valence-electron chi connectivity index (χ4n) is 6.46. The molecule has 0 saturated heterocycles. The Bertz CT molecular complexity index is 1690. The Hall–Kier alpha value is -3.62. The Morgan fingerprint density at radius 1 is 0.722 bits per heavy atom. The Labute approximate surface area is 217 Å². The molecule has 1 nitrogen and oxygen atoms in total. The average molecular weight is 484 g/mol. The molecule has 176 valence electrons. The Morgan fingerprint density at radius 2 is 1.47 bits per heavy atom. The largest absolute Gasteiger partial charge is 0.309 e. The number of thiophene rings is 1. The first-order chi connectivity index (χ1) is 17.5. The Balaban J connectivity index is 1.52. The number of nitrogens with zero attached hydrogens (tertiary/aromatic N) is 1. The number of allylic oxidation sites excluding steroid dienone is 4. The molecule has 0 N–H and O–H groups in total. The second-order valence-corrected chi connectivity index (χ2v) is 11.7. The average Bonchev–Trinajstić information content (AvgIpc) is 3.39. The van der Waals surface area contributed by atoms with Crippen LogP contribution in [0.15, 0.2) is 109 Å². The molecule has 0 amide bonds. The number of aryl methyl sites for hydroxylation is 1. The van der Waals surface area contributed by atoms with Crippen molar-refractivity contribution >= 4 is 48.6 Å². The summed E-state index contributed by atoms with van der Waals surface area (Å²) < 4.78 is 2.80. The predicted octanol–water partition coefficient (Wildman–Crippen LogP) is 9.95. The molecule has 0 aliphatic heterocycles. The topological polar surface area (TPSA) is 3.24 Å². The standard InChI is InChI=1S/C34H29NS/c1-22-11-9-14-24(21-22)35(23-12-5-4-6-13-23)30-18-10-16-25-26-19-20-29-31(33(26)36-32(25)30)27-15-7-8-17-28(27)34(29,2)3/h4-21,27-28H,1-3H3. The number of hydrogen-bond donors (Lipinski definition) is 0. The lowest BCUT2D eigenvalue weighted by atomic mass is 9.74. The van der Waals surface area contributed by atoms with Crippen molar-refractivity contribution in [2.75, 3.05) is 4.90 Å². The van der Waals surface area contributed by atoms with Crippen LogP contribution in [0.5, 0.6) is 0 Å². The fourth-order valence-corrected chi connectivity index (χ4v) is 7.86. The molecule has 4 aromatic carbocycles. The zero-order valence-corrected chi connectivity index (χ0v) is 21.7. The molecule has 36 heavy (non-hydrogen) atoms. The molecule has 0 spiro atoms. The highest BCUT2D eigenvalue weighted by Crippen LogP contribution is 2.57. The summed E-state index contributed by atoms with van der Waals surface area (Å²) in [6.07, 6.45) is 9.31. The molecular weight excluding hydrogens is 454 g/mol. The van der Waals surface area contributed by atoms with Crippen molar-refractivity contribution in [2.24, 2.45) is 5.92 Å². The maximum absolute atomic E-state index is 2.42. The maximum atomic E-state index is 2.42. The van der Waals surface area contributed by atoms with Crippen molar-refractivity contribution in [3.63, 3.8) is 0 Å². The number of rotatable bonds is 3. The molecular formula is C34H29NS. The van der Waals surface area contributed by atoms with Crippen LogP contribution in [0.1, 0.15) is 36.5 Å². The second-order valence-electron chi connectivity index (χ2n) is 10.7. The Morgan fingerprint density at radius 3 is 2.31 bits per heavy atom. The van der Waals surface area contributed by atoms with Crippen LogP contribution in [0.3, 0.4) is 0 Å². The third kappa shape index (κ3) is 3.07. The first-order valence-electron chi connectivity index (χ1n) is 12.8. The van der Waals surface area contributed by atoms with Gasteiger partial charge in [0.2, 0.25) is 0 Å². The van der Waals surface area contributed by atoms with Crippen LogP contribution >= 0.6 is 11.3 Å². The molecule has 2 atom stereocenters. The van der Waals surface area contributed by atoms with Crippen LogP contribution in [0.4, 0.5) is 17.1 Å². The summed E-state index contributed by atoms with van der Waals surface area (Å²) in [4.78, 5) is 2.42. The Kier molecular flexibility index (Phi) is 4.78. The SMILES string of the molecule is Cc1cccc(N(c2ccccc2)c2cccc3c2sc2c4c(ccc23)C(C)(C)C2C=CC=CC42)c1. The van der Waals surface area contributed by atoms with Gasteiger partial charge >= 0.3 is 0 Å². The van der Waals surface area contributed by atoms with Gasteiger partial charge in [0, 0.05) is 32.8 Å². The third-order valence-electron chi connectivity index (χ3n) is 8.20. The number of para-hydroxylation sites is 1. The van der Waals surface area contributed by atoms with Crippen LogP contribution < -0.4 is 4.90 Å². The molecule has 0 bridgehead atoms. The van der Waals surface area contributed by atoms with Crippen LogP contribution in [0, 0.1) is 12.8 Å². The number of hydrogen-bond acceptors (Lipinski definition) is 2. The number of benzene rings is 4. The summed E-state index contributed by atoms with van der Waals surface area (Å²) in [5.41, 5.74) is 8.06. The van der Waals surface area contributed by atoms with Crippen molar-refractivity contribution < 1.29 is 0 Å². The molecule has 2 aliphatic rings. The molecule has 1 aromatic heterocycles. The van der Waals surface area contributed by atoms with Gasteiger partial charge in [0.15, 0.2) is 0 Å². The minimum Gasteiger partial charge on any atom is -0.309 e. The zero-order chi connectivity index (χ0) is 24.4.